The van der Waals surface area contributed by atoms with Gasteiger partial charge in [-0.2, -0.15) is 0 Å². The van der Waals surface area contributed by atoms with Crippen LogP contribution in [0.15, 0.2) is 0 Å². The first-order valence-corrected chi connectivity index (χ1v) is 2.73. The molecule has 0 amide bonds. The van der Waals surface area contributed by atoms with E-state index in [-0.39, 0.29) is 19.0 Å². The van der Waals surface area contributed by atoms with Crippen LogP contribution in [0.1, 0.15) is 13.8 Å². The Morgan fingerprint density at radius 2 is 2.10 bits per heavy atom. The second-order valence-corrected chi connectivity index (χ2v) is 2.44. The van der Waals surface area contributed by atoms with Gasteiger partial charge >= 0.3 is 5.97 Å². The lowest BCUT2D eigenvalue weighted by Gasteiger charge is -2.18. The van der Waals surface area contributed by atoms with Gasteiger partial charge in [-0.05, 0) is 20.8 Å². The fourth-order valence-electron chi connectivity index (χ4n) is 0.350. The van der Waals surface area contributed by atoms with Crippen molar-refractivity contribution in [2.75, 3.05) is 6.54 Å². The van der Waals surface area contributed by atoms with Crippen LogP contribution in [0.25, 0.3) is 0 Å². The van der Waals surface area contributed by atoms with Crippen LogP contribution in [0.5, 0.6) is 0 Å². The lowest BCUT2D eigenvalue weighted by Crippen LogP contribution is -2.28. The van der Waals surface area contributed by atoms with Crippen LogP contribution in [0, 0.1) is 6.92 Å². The molecule has 61 valence electrons. The monoisotopic (exact) mass is 166 g/mol. The van der Waals surface area contributed by atoms with Gasteiger partial charge in [0, 0.05) is 0 Å². The van der Waals surface area contributed by atoms with E-state index in [1.807, 2.05) is 0 Å². The molecule has 0 heterocycles. The first kappa shape index (κ1) is 12.4. The highest BCUT2D eigenvalue weighted by molar-refractivity contribution is 5.85. The van der Waals surface area contributed by atoms with Crippen molar-refractivity contribution in [2.24, 2.45) is 5.73 Å². The van der Waals surface area contributed by atoms with Crippen molar-refractivity contribution in [3.8, 4) is 0 Å². The van der Waals surface area contributed by atoms with Crippen LogP contribution in [-0.4, -0.2) is 18.1 Å². The molecule has 3 nitrogen and oxygen atoms in total. The lowest BCUT2D eigenvalue weighted by molar-refractivity contribution is -0.150. The second kappa shape index (κ2) is 4.52. The minimum atomic E-state index is -0.656. The topological polar surface area (TPSA) is 52.3 Å². The molecule has 1 radical (unpaired) electrons. The van der Waals surface area contributed by atoms with Crippen molar-refractivity contribution in [1.29, 1.82) is 0 Å². The van der Waals surface area contributed by atoms with E-state index >= 15 is 0 Å². The standard InChI is InChI=1S/C6H12NO2.ClH/c1-6(2,3)9-5(8)4-7;/h1,4,7H2,2-3H3;1H. The number of carbonyl (C=O) groups is 1. The Bertz CT molecular complexity index is 109. The molecule has 10 heavy (non-hydrogen) atoms. The highest BCUT2D eigenvalue weighted by atomic mass is 35.5. The van der Waals surface area contributed by atoms with Crippen molar-refractivity contribution in [3.63, 3.8) is 0 Å². The van der Waals surface area contributed by atoms with E-state index in [2.05, 4.69) is 6.92 Å². The summed E-state index contributed by atoms with van der Waals surface area (Å²) in [5.74, 6) is -0.421. The third-order valence-electron chi connectivity index (χ3n) is 0.557. The number of ether oxygens (including phenoxy) is 1. The van der Waals surface area contributed by atoms with Crippen molar-refractivity contribution >= 4 is 18.4 Å². The van der Waals surface area contributed by atoms with Gasteiger partial charge in [0.25, 0.3) is 0 Å². The highest BCUT2D eigenvalue weighted by Gasteiger charge is 2.14. The predicted octanol–water partition coefficient (Wildman–Crippen LogP) is 0.523. The maximum absolute atomic E-state index is 10.4. The van der Waals surface area contributed by atoms with Crippen molar-refractivity contribution in [1.82, 2.24) is 0 Å². The number of halogens is 1. The van der Waals surface area contributed by atoms with Gasteiger partial charge < -0.3 is 10.5 Å². The van der Waals surface area contributed by atoms with E-state index in [4.69, 9.17) is 10.5 Å². The number of rotatable bonds is 2. The summed E-state index contributed by atoms with van der Waals surface area (Å²) < 4.78 is 4.71. The molecule has 0 aliphatic carbocycles. The Kier molecular flexibility index (Phi) is 5.61. The number of esters is 1. The molecule has 2 N–H and O–H groups in total. The molecule has 0 aliphatic heterocycles. The average molecular weight is 167 g/mol. The van der Waals surface area contributed by atoms with Gasteiger partial charge in [-0.3, -0.25) is 4.79 Å². The van der Waals surface area contributed by atoms with Crippen LogP contribution in [0.3, 0.4) is 0 Å². The summed E-state index contributed by atoms with van der Waals surface area (Å²) in [6.07, 6.45) is 0. The summed E-state index contributed by atoms with van der Waals surface area (Å²) in [5.41, 5.74) is 4.32. The Hall–Kier alpha value is -0.280. The third kappa shape index (κ3) is 7.72. The molecule has 0 saturated heterocycles. The molecule has 0 fully saturated rings. The number of hydrogen-bond donors (Lipinski definition) is 1. The maximum atomic E-state index is 10.4. The zero-order chi connectivity index (χ0) is 7.49. The molecule has 0 aliphatic rings. The first-order valence-electron chi connectivity index (χ1n) is 2.73. The van der Waals surface area contributed by atoms with Crippen molar-refractivity contribution < 1.29 is 9.53 Å². The summed E-state index contributed by atoms with van der Waals surface area (Å²) in [6, 6.07) is 0. The Morgan fingerprint density at radius 3 is 2.20 bits per heavy atom. The van der Waals surface area contributed by atoms with Crippen LogP contribution in [0.4, 0.5) is 0 Å². The molecule has 0 aromatic heterocycles. The SMILES string of the molecule is Cl.[CH2]C(C)(C)OC(=O)CN. The van der Waals surface area contributed by atoms with E-state index in [0.717, 1.165) is 0 Å². The fourth-order valence-corrected chi connectivity index (χ4v) is 0.350. The molecule has 0 bridgehead atoms. The van der Waals surface area contributed by atoms with Crippen LogP contribution in [0.2, 0.25) is 0 Å². The number of hydrogen-bond acceptors (Lipinski definition) is 3. The summed E-state index contributed by atoms with van der Waals surface area (Å²) in [5, 5.41) is 0. The van der Waals surface area contributed by atoms with Gasteiger partial charge in [0.2, 0.25) is 0 Å². The minimum Gasteiger partial charge on any atom is -0.459 e. The Labute approximate surface area is 67.3 Å². The minimum absolute atomic E-state index is 0. The fraction of sp³-hybridized carbons (Fsp3) is 0.667. The zero-order valence-electron chi connectivity index (χ0n) is 6.22. The van der Waals surface area contributed by atoms with Gasteiger partial charge in [-0.15, -0.1) is 12.4 Å². The Morgan fingerprint density at radius 1 is 1.70 bits per heavy atom. The van der Waals surface area contributed by atoms with Gasteiger partial charge in [0.1, 0.15) is 5.60 Å². The Balaban J connectivity index is 0. The van der Waals surface area contributed by atoms with Crippen LogP contribution in [-0.2, 0) is 9.53 Å². The van der Waals surface area contributed by atoms with E-state index in [1.165, 1.54) is 0 Å². The third-order valence-corrected chi connectivity index (χ3v) is 0.557. The van der Waals surface area contributed by atoms with Gasteiger partial charge in [0.15, 0.2) is 0 Å². The van der Waals surface area contributed by atoms with Gasteiger partial charge in [-0.1, -0.05) is 0 Å². The maximum Gasteiger partial charge on any atom is 0.320 e. The quantitative estimate of drug-likeness (QED) is 0.609. The largest absolute Gasteiger partial charge is 0.459 e. The number of carbonyl (C=O) groups excluding carboxylic acids is 1. The highest BCUT2D eigenvalue weighted by Crippen LogP contribution is 2.04. The van der Waals surface area contributed by atoms with Gasteiger partial charge in [-0.25, -0.2) is 0 Å². The van der Waals surface area contributed by atoms with E-state index in [1.54, 1.807) is 13.8 Å². The molecule has 0 spiro atoms. The molecule has 0 rings (SSSR count). The smallest absolute Gasteiger partial charge is 0.320 e. The van der Waals surface area contributed by atoms with Gasteiger partial charge in [0.05, 0.1) is 6.54 Å². The molecule has 0 aromatic rings. The molecule has 0 aromatic carbocycles. The molecule has 0 saturated carbocycles. The lowest BCUT2D eigenvalue weighted by atomic mass is 10.2. The second-order valence-electron chi connectivity index (χ2n) is 2.44. The molecular formula is C6H13ClNO2. The molecular weight excluding hydrogens is 154 g/mol. The molecule has 0 atom stereocenters. The predicted molar refractivity (Wildman–Crippen MR) is 41.8 cm³/mol. The summed E-state index contributed by atoms with van der Waals surface area (Å²) in [6.45, 7) is 6.87. The zero-order valence-corrected chi connectivity index (χ0v) is 7.03. The van der Waals surface area contributed by atoms with Crippen LogP contribution >= 0.6 is 12.4 Å². The number of nitrogens with two attached hydrogens (primary N) is 1. The van der Waals surface area contributed by atoms with E-state index in [9.17, 15) is 4.79 Å². The molecule has 4 heteroatoms. The van der Waals surface area contributed by atoms with Crippen molar-refractivity contribution in [2.45, 2.75) is 19.4 Å². The normalized spacial score (nSPS) is 10.0. The van der Waals surface area contributed by atoms with Crippen LogP contribution < -0.4 is 5.73 Å². The summed E-state index contributed by atoms with van der Waals surface area (Å²) >= 11 is 0. The average Bonchev–Trinajstić information content (AvgIpc) is 1.62. The van der Waals surface area contributed by atoms with E-state index in [0.29, 0.717) is 0 Å². The summed E-state index contributed by atoms with van der Waals surface area (Å²) in [4.78, 5) is 10.4. The van der Waals surface area contributed by atoms with E-state index < -0.39 is 11.6 Å². The van der Waals surface area contributed by atoms with Crippen molar-refractivity contribution in [3.05, 3.63) is 6.92 Å². The summed E-state index contributed by atoms with van der Waals surface area (Å²) in [7, 11) is 0. The molecule has 0 unspecified atom stereocenters. The first-order chi connectivity index (χ1) is 3.95.